The van der Waals surface area contributed by atoms with Crippen LogP contribution in [0.1, 0.15) is 35.9 Å². The Bertz CT molecular complexity index is 741. The number of aliphatic carboxylic acids is 2. The molecule has 0 radical (unpaired) electrons. The van der Waals surface area contributed by atoms with Crippen molar-refractivity contribution in [3.05, 3.63) is 60.2 Å². The second-order valence-corrected chi connectivity index (χ2v) is 6.61. The van der Waals surface area contributed by atoms with Crippen molar-refractivity contribution in [2.24, 2.45) is 10.8 Å². The van der Waals surface area contributed by atoms with Crippen LogP contribution in [0.5, 0.6) is 0 Å². The van der Waals surface area contributed by atoms with E-state index in [0.29, 0.717) is 18.5 Å². The smallest absolute Gasteiger partial charge is 0.311 e. The van der Waals surface area contributed by atoms with E-state index in [1.165, 1.54) is 0 Å². The van der Waals surface area contributed by atoms with E-state index >= 15 is 0 Å². The van der Waals surface area contributed by atoms with Gasteiger partial charge in [-0.1, -0.05) is 12.1 Å². The first-order chi connectivity index (χ1) is 11.5. The highest BCUT2D eigenvalue weighted by atomic mass is 16.4. The summed E-state index contributed by atoms with van der Waals surface area (Å²) in [4.78, 5) is 32.6. The van der Waals surface area contributed by atoms with E-state index < -0.39 is 22.8 Å². The minimum Gasteiger partial charge on any atom is -0.481 e. The SMILES string of the molecule is O=C(O)C1(C2(C(=O)O)CC2c2ccccn2)CC1c1cccnc1. The molecule has 0 spiro atoms. The average molecular weight is 324 g/mol. The van der Waals surface area contributed by atoms with Crippen molar-refractivity contribution in [3.8, 4) is 0 Å². The summed E-state index contributed by atoms with van der Waals surface area (Å²) in [5.74, 6) is -2.79. The van der Waals surface area contributed by atoms with Gasteiger partial charge in [-0.25, -0.2) is 0 Å². The lowest BCUT2D eigenvalue weighted by Gasteiger charge is -2.22. The number of hydrogen-bond acceptors (Lipinski definition) is 4. The molecule has 6 nitrogen and oxygen atoms in total. The normalized spacial score (nSPS) is 33.7. The van der Waals surface area contributed by atoms with Gasteiger partial charge in [0.25, 0.3) is 0 Å². The van der Waals surface area contributed by atoms with Crippen molar-refractivity contribution < 1.29 is 19.8 Å². The molecule has 0 bridgehead atoms. The largest absolute Gasteiger partial charge is 0.481 e. The van der Waals surface area contributed by atoms with Crippen LogP contribution in [0.25, 0.3) is 0 Å². The van der Waals surface area contributed by atoms with Crippen LogP contribution in [-0.4, -0.2) is 32.1 Å². The fourth-order valence-electron chi connectivity index (χ4n) is 4.29. The third-order valence-electron chi connectivity index (χ3n) is 5.61. The van der Waals surface area contributed by atoms with E-state index in [1.54, 1.807) is 42.9 Å². The van der Waals surface area contributed by atoms with Crippen LogP contribution in [0.15, 0.2) is 48.9 Å². The number of nitrogens with zero attached hydrogens (tertiary/aromatic N) is 2. The van der Waals surface area contributed by atoms with Gasteiger partial charge in [-0.15, -0.1) is 0 Å². The molecule has 2 aromatic rings. The molecule has 24 heavy (non-hydrogen) atoms. The lowest BCUT2D eigenvalue weighted by Crippen LogP contribution is -2.36. The summed E-state index contributed by atoms with van der Waals surface area (Å²) in [7, 11) is 0. The van der Waals surface area contributed by atoms with Crippen molar-refractivity contribution in [2.45, 2.75) is 24.7 Å². The first-order valence-electron chi connectivity index (χ1n) is 7.81. The Morgan fingerprint density at radius 3 is 2.25 bits per heavy atom. The summed E-state index contributed by atoms with van der Waals surface area (Å²) in [5, 5.41) is 19.8. The number of aromatic nitrogens is 2. The van der Waals surface area contributed by atoms with Crippen LogP contribution in [0.2, 0.25) is 0 Å². The van der Waals surface area contributed by atoms with Gasteiger partial charge < -0.3 is 10.2 Å². The quantitative estimate of drug-likeness (QED) is 0.875. The highest BCUT2D eigenvalue weighted by molar-refractivity contribution is 5.94. The molecule has 2 aromatic heterocycles. The molecule has 2 saturated carbocycles. The van der Waals surface area contributed by atoms with E-state index in [0.717, 1.165) is 5.56 Å². The molecule has 6 heteroatoms. The summed E-state index contributed by atoms with van der Waals surface area (Å²) in [6.45, 7) is 0. The fraction of sp³-hybridized carbons (Fsp3) is 0.333. The Labute approximate surface area is 138 Å². The van der Waals surface area contributed by atoms with Gasteiger partial charge in [-0.3, -0.25) is 19.6 Å². The zero-order chi connectivity index (χ0) is 16.9. The fourth-order valence-corrected chi connectivity index (χ4v) is 4.29. The standard InChI is InChI=1S/C18H16N2O4/c21-15(22)17(8-12(17)11-4-3-6-19-10-11)18(16(23)24)9-13(18)14-5-1-2-7-20-14/h1-7,10,12-13H,8-9H2,(H,21,22)(H,23,24). The van der Waals surface area contributed by atoms with Gasteiger partial charge in [0.15, 0.2) is 0 Å². The molecule has 0 amide bonds. The minimum atomic E-state index is -1.30. The molecule has 2 aliphatic rings. The Morgan fingerprint density at radius 1 is 0.958 bits per heavy atom. The molecule has 0 aliphatic heterocycles. The monoisotopic (exact) mass is 324 g/mol. The van der Waals surface area contributed by atoms with Crippen LogP contribution in [0.4, 0.5) is 0 Å². The molecule has 2 N–H and O–H groups in total. The Balaban J connectivity index is 1.76. The maximum Gasteiger partial charge on any atom is 0.311 e. The maximum absolute atomic E-state index is 12.1. The summed E-state index contributed by atoms with van der Waals surface area (Å²) in [5.41, 5.74) is -1.15. The number of rotatable bonds is 5. The van der Waals surface area contributed by atoms with E-state index in [1.807, 2.05) is 6.07 Å². The highest BCUT2D eigenvalue weighted by Gasteiger charge is 2.84. The van der Waals surface area contributed by atoms with Crippen LogP contribution in [0, 0.1) is 10.8 Å². The lowest BCUT2D eigenvalue weighted by atomic mass is 9.79. The van der Waals surface area contributed by atoms with Crippen molar-refractivity contribution in [2.75, 3.05) is 0 Å². The molecular formula is C18H16N2O4. The van der Waals surface area contributed by atoms with Crippen molar-refractivity contribution in [1.82, 2.24) is 9.97 Å². The van der Waals surface area contributed by atoms with E-state index in [4.69, 9.17) is 0 Å². The van der Waals surface area contributed by atoms with Gasteiger partial charge in [-0.05, 0) is 36.6 Å². The molecule has 0 saturated heterocycles. The number of carboxylic acids is 2. The van der Waals surface area contributed by atoms with Gasteiger partial charge in [0.1, 0.15) is 0 Å². The summed E-state index contributed by atoms with van der Waals surface area (Å²) in [6.07, 6.45) is 5.49. The molecule has 4 atom stereocenters. The molecule has 122 valence electrons. The van der Waals surface area contributed by atoms with Gasteiger partial charge >= 0.3 is 11.9 Å². The van der Waals surface area contributed by atoms with Gasteiger partial charge in [0, 0.05) is 36.1 Å². The summed E-state index contributed by atoms with van der Waals surface area (Å²) >= 11 is 0. The predicted molar refractivity (Wildman–Crippen MR) is 83.3 cm³/mol. The predicted octanol–water partition coefficient (Wildman–Crippen LogP) is 2.29. The molecular weight excluding hydrogens is 308 g/mol. The minimum absolute atomic E-state index is 0.308. The third-order valence-corrected chi connectivity index (χ3v) is 5.61. The van der Waals surface area contributed by atoms with Crippen LogP contribution >= 0.6 is 0 Å². The molecule has 0 aromatic carbocycles. The van der Waals surface area contributed by atoms with Crippen molar-refractivity contribution in [1.29, 1.82) is 0 Å². The zero-order valence-electron chi connectivity index (χ0n) is 12.8. The second-order valence-electron chi connectivity index (χ2n) is 6.61. The Hall–Kier alpha value is -2.76. The molecule has 2 aliphatic carbocycles. The molecule has 2 fully saturated rings. The second kappa shape index (κ2) is 4.87. The molecule has 2 heterocycles. The summed E-state index contributed by atoms with van der Waals surface area (Å²) in [6, 6.07) is 8.89. The number of pyridine rings is 2. The van der Waals surface area contributed by atoms with Crippen LogP contribution in [-0.2, 0) is 9.59 Å². The van der Waals surface area contributed by atoms with Gasteiger partial charge in [-0.2, -0.15) is 0 Å². The third kappa shape index (κ3) is 1.76. The zero-order valence-corrected chi connectivity index (χ0v) is 12.8. The highest BCUT2D eigenvalue weighted by Crippen LogP contribution is 2.81. The first kappa shape index (κ1) is 14.8. The topological polar surface area (TPSA) is 100 Å². The van der Waals surface area contributed by atoms with Crippen molar-refractivity contribution >= 4 is 11.9 Å². The van der Waals surface area contributed by atoms with Crippen LogP contribution < -0.4 is 0 Å². The molecule has 4 unspecified atom stereocenters. The van der Waals surface area contributed by atoms with E-state index in [-0.39, 0.29) is 11.8 Å². The summed E-state index contributed by atoms with van der Waals surface area (Å²) < 4.78 is 0. The van der Waals surface area contributed by atoms with E-state index in [2.05, 4.69) is 9.97 Å². The van der Waals surface area contributed by atoms with Crippen molar-refractivity contribution in [3.63, 3.8) is 0 Å². The molecule has 4 rings (SSSR count). The Morgan fingerprint density at radius 2 is 1.67 bits per heavy atom. The first-order valence-corrected chi connectivity index (χ1v) is 7.81. The maximum atomic E-state index is 12.1. The number of hydrogen-bond donors (Lipinski definition) is 2. The number of carboxylic acid groups (broad SMARTS) is 2. The average Bonchev–Trinajstić information content (AvgIpc) is 3.48. The number of carbonyl (C=O) groups is 2. The van der Waals surface area contributed by atoms with E-state index in [9.17, 15) is 19.8 Å². The van der Waals surface area contributed by atoms with Gasteiger partial charge in [0.2, 0.25) is 0 Å². The van der Waals surface area contributed by atoms with Gasteiger partial charge in [0.05, 0.1) is 10.8 Å². The van der Waals surface area contributed by atoms with Crippen LogP contribution in [0.3, 0.4) is 0 Å². The lowest BCUT2D eigenvalue weighted by molar-refractivity contribution is -0.158. The Kier molecular flexibility index (Phi) is 3.00.